The fourth-order valence-corrected chi connectivity index (χ4v) is 3.82. The lowest BCUT2D eigenvalue weighted by molar-refractivity contribution is -0.150. The normalized spacial score (nSPS) is 11.8. The van der Waals surface area contributed by atoms with Gasteiger partial charge in [-0.1, -0.05) is 57.2 Å². The molecule has 1 atom stereocenters. The van der Waals surface area contributed by atoms with E-state index in [-0.39, 0.29) is 31.0 Å². The van der Waals surface area contributed by atoms with Gasteiger partial charge in [-0.25, -0.2) is 13.6 Å². The first-order chi connectivity index (χ1) is 17.3. The minimum Gasteiger partial charge on any atom is -0.484 e. The second-order valence-electron chi connectivity index (χ2n) is 8.74. The predicted octanol–water partition coefficient (Wildman–Crippen LogP) is 5.77. The van der Waals surface area contributed by atoms with Crippen molar-refractivity contribution in [3.05, 3.63) is 65.2 Å². The molecule has 0 radical (unpaired) electrons. The predicted molar refractivity (Wildman–Crippen MR) is 134 cm³/mol. The first-order valence-electron chi connectivity index (χ1n) is 12.6. The lowest BCUT2D eigenvalue weighted by Crippen LogP contribution is -2.35. The fraction of sp³-hybridized carbons (Fsp3) is 0.500. The summed E-state index contributed by atoms with van der Waals surface area (Å²) in [5.74, 6) is -2.20. The maximum atomic E-state index is 14.2. The van der Waals surface area contributed by atoms with Crippen LogP contribution in [0, 0.1) is 11.6 Å². The number of carboxylic acids is 1. The molecule has 6 nitrogen and oxygen atoms in total. The Morgan fingerprint density at radius 1 is 0.972 bits per heavy atom. The molecule has 0 aliphatic carbocycles. The summed E-state index contributed by atoms with van der Waals surface area (Å²) in [5, 5.41) is 9.24. The highest BCUT2D eigenvalue weighted by molar-refractivity contribution is 5.77. The quantitative estimate of drug-likeness (QED) is 0.277. The molecule has 0 saturated heterocycles. The van der Waals surface area contributed by atoms with Crippen molar-refractivity contribution in [2.75, 3.05) is 19.8 Å². The lowest BCUT2D eigenvalue weighted by atomic mass is 10.1. The summed E-state index contributed by atoms with van der Waals surface area (Å²) in [7, 11) is 0. The Bertz CT molecular complexity index is 951. The van der Waals surface area contributed by atoms with Crippen molar-refractivity contribution in [3.8, 4) is 5.75 Å². The summed E-state index contributed by atoms with van der Waals surface area (Å²) in [6.45, 7) is 4.46. The number of benzene rings is 2. The van der Waals surface area contributed by atoms with E-state index >= 15 is 0 Å². The molecule has 0 bridgehead atoms. The molecule has 2 aromatic rings. The molecule has 0 fully saturated rings. The monoisotopic (exact) mass is 505 g/mol. The maximum Gasteiger partial charge on any atom is 0.333 e. The van der Waals surface area contributed by atoms with Crippen molar-refractivity contribution >= 4 is 11.9 Å². The zero-order chi connectivity index (χ0) is 26.3. The summed E-state index contributed by atoms with van der Waals surface area (Å²) in [6, 6.07) is 10.2. The highest BCUT2D eigenvalue weighted by Crippen LogP contribution is 2.17. The minimum absolute atomic E-state index is 0.0379. The van der Waals surface area contributed by atoms with Crippen LogP contribution in [0.2, 0.25) is 0 Å². The van der Waals surface area contributed by atoms with E-state index in [4.69, 9.17) is 9.47 Å². The highest BCUT2D eigenvalue weighted by atomic mass is 19.1. The molecule has 198 valence electrons. The Morgan fingerprint density at radius 2 is 1.67 bits per heavy atom. The molecule has 1 amide bonds. The van der Waals surface area contributed by atoms with Crippen molar-refractivity contribution in [1.29, 1.82) is 0 Å². The first-order valence-corrected chi connectivity index (χ1v) is 12.6. The van der Waals surface area contributed by atoms with E-state index in [1.807, 2.05) is 0 Å². The summed E-state index contributed by atoms with van der Waals surface area (Å²) in [5.41, 5.74) is 1.02. The molecule has 0 saturated carbocycles. The van der Waals surface area contributed by atoms with Crippen LogP contribution in [-0.4, -0.2) is 47.7 Å². The van der Waals surface area contributed by atoms with Crippen LogP contribution in [0.1, 0.15) is 63.5 Å². The van der Waals surface area contributed by atoms with Gasteiger partial charge in [0.1, 0.15) is 17.4 Å². The standard InChI is InChI=1S/C28H37F2NO5/c1-3-5-6-7-8-9-16-31(19-22-12-13-23(29)18-25(22)30)27(32)20-36-24-14-10-21(11-15-24)17-26(28(33)34)35-4-2/h10-15,18,26H,3-9,16-17,19-20H2,1-2H3,(H,33,34)/t26-/m0/s1. The van der Waals surface area contributed by atoms with Crippen LogP contribution in [0.5, 0.6) is 5.75 Å². The van der Waals surface area contributed by atoms with Crippen molar-refractivity contribution in [3.63, 3.8) is 0 Å². The number of hydrogen-bond acceptors (Lipinski definition) is 4. The summed E-state index contributed by atoms with van der Waals surface area (Å²) in [6.07, 6.45) is 5.61. The number of rotatable bonds is 17. The number of carbonyl (C=O) groups is 2. The number of carbonyl (C=O) groups excluding carboxylic acids is 1. The number of halogens is 2. The maximum absolute atomic E-state index is 14.2. The van der Waals surface area contributed by atoms with E-state index in [9.17, 15) is 23.5 Å². The van der Waals surface area contributed by atoms with Crippen LogP contribution in [-0.2, 0) is 27.3 Å². The van der Waals surface area contributed by atoms with Gasteiger partial charge in [-0.2, -0.15) is 0 Å². The molecule has 2 aromatic carbocycles. The number of carboxylic acid groups (broad SMARTS) is 1. The number of hydrogen-bond donors (Lipinski definition) is 1. The van der Waals surface area contributed by atoms with Crippen LogP contribution in [0.3, 0.4) is 0 Å². The number of amides is 1. The Hall–Kier alpha value is -3.00. The van der Waals surface area contributed by atoms with Gasteiger partial charge >= 0.3 is 5.97 Å². The summed E-state index contributed by atoms with van der Waals surface area (Å²) in [4.78, 5) is 25.8. The molecule has 1 N–H and O–H groups in total. The van der Waals surface area contributed by atoms with Gasteiger partial charge in [0.05, 0.1) is 0 Å². The van der Waals surface area contributed by atoms with Crippen molar-refractivity contribution in [2.24, 2.45) is 0 Å². The van der Waals surface area contributed by atoms with Crippen molar-refractivity contribution in [2.45, 2.75) is 71.4 Å². The van der Waals surface area contributed by atoms with Gasteiger partial charge in [0.25, 0.3) is 5.91 Å². The number of nitrogens with zero attached hydrogens (tertiary/aromatic N) is 1. The third kappa shape index (κ3) is 10.3. The average Bonchev–Trinajstić information content (AvgIpc) is 2.85. The molecule has 0 heterocycles. The van der Waals surface area contributed by atoms with Gasteiger partial charge in [-0.05, 0) is 37.1 Å². The summed E-state index contributed by atoms with van der Waals surface area (Å²) >= 11 is 0. The van der Waals surface area contributed by atoms with E-state index in [1.165, 1.54) is 18.6 Å². The number of unbranched alkanes of at least 4 members (excludes halogenated alkanes) is 5. The smallest absolute Gasteiger partial charge is 0.333 e. The number of aliphatic carboxylic acids is 1. The van der Waals surface area contributed by atoms with Gasteiger partial charge in [0.2, 0.25) is 0 Å². The van der Waals surface area contributed by atoms with Crippen molar-refractivity contribution < 1.29 is 33.0 Å². The van der Waals surface area contributed by atoms with Crippen LogP contribution in [0.25, 0.3) is 0 Å². The number of ether oxygens (including phenoxy) is 2. The Labute approximate surface area is 212 Å². The van der Waals surface area contributed by atoms with Crippen LogP contribution >= 0.6 is 0 Å². The molecule has 0 aliphatic heterocycles. The van der Waals surface area contributed by atoms with E-state index in [0.717, 1.165) is 43.7 Å². The Balaban J connectivity index is 1.96. The van der Waals surface area contributed by atoms with E-state index in [1.54, 1.807) is 36.1 Å². The van der Waals surface area contributed by atoms with Crippen LogP contribution in [0.4, 0.5) is 8.78 Å². The van der Waals surface area contributed by atoms with Crippen LogP contribution < -0.4 is 4.74 Å². The largest absolute Gasteiger partial charge is 0.484 e. The Morgan fingerprint density at radius 3 is 2.31 bits per heavy atom. The molecule has 2 rings (SSSR count). The average molecular weight is 506 g/mol. The van der Waals surface area contributed by atoms with Gasteiger partial charge in [0.15, 0.2) is 12.7 Å². The Kier molecular flexibility index (Phi) is 12.9. The lowest BCUT2D eigenvalue weighted by Gasteiger charge is -2.23. The van der Waals surface area contributed by atoms with E-state index in [2.05, 4.69) is 6.92 Å². The highest BCUT2D eigenvalue weighted by Gasteiger charge is 2.19. The topological polar surface area (TPSA) is 76.1 Å². The first kappa shape index (κ1) is 29.2. The minimum atomic E-state index is -1.02. The molecule has 0 aromatic heterocycles. The second-order valence-corrected chi connectivity index (χ2v) is 8.74. The van der Waals surface area contributed by atoms with Crippen LogP contribution in [0.15, 0.2) is 42.5 Å². The zero-order valence-electron chi connectivity index (χ0n) is 21.2. The van der Waals surface area contributed by atoms with E-state index in [0.29, 0.717) is 18.9 Å². The van der Waals surface area contributed by atoms with Crippen molar-refractivity contribution in [1.82, 2.24) is 4.90 Å². The van der Waals surface area contributed by atoms with E-state index < -0.39 is 23.7 Å². The molecule has 0 unspecified atom stereocenters. The van der Waals surface area contributed by atoms with Gasteiger partial charge in [-0.15, -0.1) is 0 Å². The molecule has 8 heteroatoms. The molecular formula is C28H37F2NO5. The zero-order valence-corrected chi connectivity index (χ0v) is 21.2. The van der Waals surface area contributed by atoms with Gasteiger partial charge in [0, 0.05) is 37.7 Å². The molecule has 0 spiro atoms. The third-order valence-corrected chi connectivity index (χ3v) is 5.86. The fourth-order valence-electron chi connectivity index (χ4n) is 3.82. The van der Waals surface area contributed by atoms with Gasteiger partial charge in [-0.3, -0.25) is 4.79 Å². The molecule has 0 aliphatic rings. The second kappa shape index (κ2) is 15.9. The molecule has 36 heavy (non-hydrogen) atoms. The third-order valence-electron chi connectivity index (χ3n) is 5.86. The SMILES string of the molecule is CCCCCCCCN(Cc1ccc(F)cc1F)C(=O)COc1ccc(C[C@H](OCC)C(=O)O)cc1. The van der Waals surface area contributed by atoms with Gasteiger partial charge < -0.3 is 19.5 Å². The molecular weight excluding hydrogens is 468 g/mol. The summed E-state index contributed by atoms with van der Waals surface area (Å²) < 4.78 is 38.4.